The van der Waals surface area contributed by atoms with E-state index < -0.39 is 36.0 Å². The second-order valence-electron chi connectivity index (χ2n) is 9.14. The molecule has 0 aromatic carbocycles. The summed E-state index contributed by atoms with van der Waals surface area (Å²) in [5.41, 5.74) is 16.7. The summed E-state index contributed by atoms with van der Waals surface area (Å²) in [6.45, 7) is 4.87. The van der Waals surface area contributed by atoms with E-state index >= 15 is 0 Å². The number of nitrogens with two attached hydrogens (primary N) is 3. The first-order valence-corrected chi connectivity index (χ1v) is 12.0. The van der Waals surface area contributed by atoms with Gasteiger partial charge in [-0.05, 0) is 44.4 Å². The van der Waals surface area contributed by atoms with Crippen LogP contribution in [-0.2, 0) is 19.2 Å². The van der Waals surface area contributed by atoms with E-state index in [4.69, 9.17) is 17.2 Å². The molecule has 2 saturated heterocycles. The molecule has 0 aliphatic carbocycles. The molecule has 0 spiro atoms. The number of aliphatic imine (C=N–C) groups is 1. The van der Waals surface area contributed by atoms with Gasteiger partial charge in [0.15, 0.2) is 5.96 Å². The fourth-order valence-corrected chi connectivity index (χ4v) is 4.56. The first kappa shape index (κ1) is 27.4. The maximum absolute atomic E-state index is 13.2. The third-order valence-electron chi connectivity index (χ3n) is 6.72. The molecule has 2 fully saturated rings. The minimum Gasteiger partial charge on any atom is -0.480 e. The van der Waals surface area contributed by atoms with Crippen LogP contribution in [0.3, 0.4) is 0 Å². The monoisotopic (exact) mass is 481 g/mol. The summed E-state index contributed by atoms with van der Waals surface area (Å²) in [6.07, 6.45) is 3.65. The highest BCUT2D eigenvalue weighted by molar-refractivity contribution is 5.94. The summed E-state index contributed by atoms with van der Waals surface area (Å²) in [5.74, 6) is -2.39. The molecule has 34 heavy (non-hydrogen) atoms. The van der Waals surface area contributed by atoms with Crippen LogP contribution in [0.25, 0.3) is 0 Å². The number of nitrogens with one attached hydrogen (secondary N) is 1. The van der Waals surface area contributed by atoms with Crippen molar-refractivity contribution in [2.75, 3.05) is 19.6 Å². The fraction of sp³-hybridized carbons (Fsp3) is 0.773. The molecule has 3 amide bonds. The lowest BCUT2D eigenvalue weighted by atomic mass is 9.96. The zero-order valence-corrected chi connectivity index (χ0v) is 20.1. The lowest BCUT2D eigenvalue weighted by Gasteiger charge is -2.32. The van der Waals surface area contributed by atoms with Crippen molar-refractivity contribution in [1.29, 1.82) is 0 Å². The van der Waals surface area contributed by atoms with Gasteiger partial charge >= 0.3 is 5.97 Å². The third-order valence-corrected chi connectivity index (χ3v) is 6.72. The highest BCUT2D eigenvalue weighted by Crippen LogP contribution is 2.23. The molecule has 5 unspecified atom stereocenters. The number of carboxylic acid groups (broad SMARTS) is 1. The molecule has 8 N–H and O–H groups in total. The number of carbonyl (C=O) groups is 4. The van der Waals surface area contributed by atoms with Gasteiger partial charge in [0, 0.05) is 19.6 Å². The maximum Gasteiger partial charge on any atom is 0.326 e. The van der Waals surface area contributed by atoms with E-state index in [0.717, 1.165) is 0 Å². The Balaban J connectivity index is 2.06. The lowest BCUT2D eigenvalue weighted by molar-refractivity contribution is -0.150. The molecular formula is C22H39N7O5. The van der Waals surface area contributed by atoms with Crippen LogP contribution in [-0.4, -0.2) is 88.4 Å². The van der Waals surface area contributed by atoms with E-state index in [1.807, 2.05) is 13.8 Å². The SMILES string of the molecule is CCC(C)C(NC(=O)C1CCCN1C(=O)C(N)CCCN=C(N)N)C(=O)N1CCCC1C(=O)O. The Morgan fingerprint density at radius 1 is 1.06 bits per heavy atom. The smallest absolute Gasteiger partial charge is 0.326 e. The van der Waals surface area contributed by atoms with Gasteiger partial charge in [0.25, 0.3) is 0 Å². The van der Waals surface area contributed by atoms with Crippen LogP contribution >= 0.6 is 0 Å². The maximum atomic E-state index is 13.2. The van der Waals surface area contributed by atoms with Crippen molar-refractivity contribution in [3.63, 3.8) is 0 Å². The van der Waals surface area contributed by atoms with E-state index in [1.165, 1.54) is 9.80 Å². The first-order chi connectivity index (χ1) is 16.1. The van der Waals surface area contributed by atoms with Crippen LogP contribution in [0, 0.1) is 5.92 Å². The standard InChI is InChI=1S/C22H39N7O5/c1-3-13(2)17(20(32)29-12-6-9-16(29)21(33)34)27-18(30)15-8-5-11-28(15)19(31)14(23)7-4-10-26-22(24)25/h13-17H,3-12,23H2,1-2H3,(H,27,30)(H,33,34)(H4,24,25,26). The van der Waals surface area contributed by atoms with Crippen molar-refractivity contribution in [3.8, 4) is 0 Å². The Bertz CT molecular complexity index is 786. The van der Waals surface area contributed by atoms with E-state index in [2.05, 4.69) is 10.3 Å². The molecule has 192 valence electrons. The number of nitrogens with zero attached hydrogens (tertiary/aromatic N) is 3. The zero-order chi connectivity index (χ0) is 25.4. The van der Waals surface area contributed by atoms with Gasteiger partial charge in [-0.25, -0.2) is 4.79 Å². The van der Waals surface area contributed by atoms with E-state index in [9.17, 15) is 24.3 Å². The summed E-state index contributed by atoms with van der Waals surface area (Å²) in [4.78, 5) is 57.6. The molecule has 2 rings (SSSR count). The Kier molecular flexibility index (Phi) is 10.1. The van der Waals surface area contributed by atoms with Gasteiger partial charge in [-0.1, -0.05) is 20.3 Å². The molecule has 0 radical (unpaired) electrons. The third kappa shape index (κ3) is 6.81. The average molecular weight is 482 g/mol. The molecule has 2 heterocycles. The predicted molar refractivity (Wildman–Crippen MR) is 126 cm³/mol. The minimum absolute atomic E-state index is 0.0230. The Morgan fingerprint density at radius 3 is 2.21 bits per heavy atom. The average Bonchev–Trinajstić information content (AvgIpc) is 3.48. The number of hydrogen-bond donors (Lipinski definition) is 5. The van der Waals surface area contributed by atoms with Crippen LogP contribution in [0.15, 0.2) is 4.99 Å². The number of hydrogen-bond acceptors (Lipinski definition) is 6. The number of guanidine groups is 1. The number of aliphatic carboxylic acids is 1. The van der Waals surface area contributed by atoms with Crippen molar-refractivity contribution >= 4 is 29.7 Å². The predicted octanol–water partition coefficient (Wildman–Crippen LogP) is -1.04. The Hall–Kier alpha value is -2.89. The number of rotatable bonds is 11. The Labute approximate surface area is 200 Å². The number of carboxylic acids is 1. The molecule has 0 bridgehead atoms. The van der Waals surface area contributed by atoms with Gasteiger partial charge in [-0.2, -0.15) is 0 Å². The fourth-order valence-electron chi connectivity index (χ4n) is 4.56. The molecule has 0 aromatic rings. The van der Waals surface area contributed by atoms with Gasteiger partial charge in [0.1, 0.15) is 18.1 Å². The summed E-state index contributed by atoms with van der Waals surface area (Å²) in [7, 11) is 0. The highest BCUT2D eigenvalue weighted by atomic mass is 16.4. The van der Waals surface area contributed by atoms with Gasteiger partial charge < -0.3 is 37.4 Å². The van der Waals surface area contributed by atoms with Crippen molar-refractivity contribution in [3.05, 3.63) is 0 Å². The van der Waals surface area contributed by atoms with Gasteiger partial charge in [-0.15, -0.1) is 0 Å². The Morgan fingerprint density at radius 2 is 1.65 bits per heavy atom. The quantitative estimate of drug-likeness (QED) is 0.140. The molecule has 12 heteroatoms. The normalized spacial score (nSPS) is 22.7. The van der Waals surface area contributed by atoms with Gasteiger partial charge in [-0.3, -0.25) is 19.4 Å². The second-order valence-corrected chi connectivity index (χ2v) is 9.14. The van der Waals surface area contributed by atoms with Crippen LogP contribution in [0.5, 0.6) is 0 Å². The van der Waals surface area contributed by atoms with Crippen molar-refractivity contribution in [1.82, 2.24) is 15.1 Å². The van der Waals surface area contributed by atoms with Crippen molar-refractivity contribution in [2.24, 2.45) is 28.1 Å². The largest absolute Gasteiger partial charge is 0.480 e. The van der Waals surface area contributed by atoms with E-state index in [-0.39, 0.29) is 23.7 Å². The molecule has 2 aliphatic rings. The molecule has 0 saturated carbocycles. The topological polar surface area (TPSA) is 197 Å². The summed E-state index contributed by atoms with van der Waals surface area (Å²) >= 11 is 0. The second kappa shape index (κ2) is 12.5. The van der Waals surface area contributed by atoms with Crippen molar-refractivity contribution in [2.45, 2.75) is 83.0 Å². The summed E-state index contributed by atoms with van der Waals surface area (Å²) < 4.78 is 0. The highest BCUT2D eigenvalue weighted by Gasteiger charge is 2.42. The van der Waals surface area contributed by atoms with Crippen LogP contribution in [0.2, 0.25) is 0 Å². The number of amides is 3. The molecular weight excluding hydrogens is 442 g/mol. The molecule has 12 nitrogen and oxygen atoms in total. The summed E-state index contributed by atoms with van der Waals surface area (Å²) in [6, 6.07) is -3.24. The summed E-state index contributed by atoms with van der Waals surface area (Å²) in [5, 5.41) is 12.3. The minimum atomic E-state index is -1.04. The van der Waals surface area contributed by atoms with Crippen LogP contribution in [0.4, 0.5) is 0 Å². The molecule has 5 atom stereocenters. The van der Waals surface area contributed by atoms with Gasteiger partial charge in [0.05, 0.1) is 6.04 Å². The first-order valence-electron chi connectivity index (χ1n) is 12.0. The van der Waals surface area contributed by atoms with Gasteiger partial charge in [0.2, 0.25) is 17.7 Å². The van der Waals surface area contributed by atoms with Crippen LogP contribution in [0.1, 0.15) is 58.8 Å². The van der Waals surface area contributed by atoms with E-state index in [0.29, 0.717) is 64.6 Å². The van der Waals surface area contributed by atoms with Crippen LogP contribution < -0.4 is 22.5 Å². The lowest BCUT2D eigenvalue weighted by Crippen LogP contribution is -2.58. The van der Waals surface area contributed by atoms with E-state index in [1.54, 1.807) is 0 Å². The zero-order valence-electron chi connectivity index (χ0n) is 20.1. The number of likely N-dealkylation sites (tertiary alicyclic amines) is 2. The molecule has 2 aliphatic heterocycles. The molecule has 0 aromatic heterocycles. The number of carbonyl (C=O) groups excluding carboxylic acids is 3. The van der Waals surface area contributed by atoms with Crippen molar-refractivity contribution < 1.29 is 24.3 Å².